The Morgan fingerprint density at radius 1 is 1.39 bits per heavy atom. The number of carbonyl (C=O) groups is 1. The molecule has 0 aliphatic carbocycles. The van der Waals surface area contributed by atoms with E-state index in [2.05, 4.69) is 10.4 Å². The van der Waals surface area contributed by atoms with Gasteiger partial charge in [0.25, 0.3) is 5.92 Å². The molecule has 2 atom stereocenters. The maximum absolute atomic E-state index is 14.0. The molecule has 1 amide bonds. The molecule has 0 spiro atoms. The molecule has 5 nitrogen and oxygen atoms in total. The second-order valence-corrected chi connectivity index (χ2v) is 7.63. The fourth-order valence-electron chi connectivity index (χ4n) is 3.45. The summed E-state index contributed by atoms with van der Waals surface area (Å²) in [4.78, 5) is 15.1. The Kier molecular flexibility index (Phi) is 5.42. The van der Waals surface area contributed by atoms with Crippen LogP contribution in [0.1, 0.15) is 24.0 Å². The highest BCUT2D eigenvalue weighted by molar-refractivity contribution is 7.80. The number of hydrogen-bond donors (Lipinski definition) is 1. The first-order valence-corrected chi connectivity index (χ1v) is 9.21. The van der Waals surface area contributed by atoms with Crippen molar-refractivity contribution in [2.24, 2.45) is 13.0 Å². The van der Waals surface area contributed by atoms with Crippen LogP contribution in [-0.2, 0) is 17.8 Å². The zero-order valence-corrected chi connectivity index (χ0v) is 16.9. The van der Waals surface area contributed by atoms with Crippen molar-refractivity contribution in [1.29, 1.82) is 0 Å². The van der Waals surface area contributed by atoms with Crippen LogP contribution in [0.5, 0.6) is 0 Å². The fourth-order valence-corrected chi connectivity index (χ4v) is 4.02. The Morgan fingerprint density at radius 2 is 2.07 bits per heavy atom. The lowest BCUT2D eigenvalue weighted by molar-refractivity contribution is -0.118. The number of nitrogens with zero attached hydrogens (tertiary/aromatic N) is 3. The molecule has 0 saturated carbocycles. The van der Waals surface area contributed by atoms with Gasteiger partial charge in [0.05, 0.1) is 28.4 Å². The van der Waals surface area contributed by atoms with Gasteiger partial charge in [0.15, 0.2) is 0 Å². The van der Waals surface area contributed by atoms with E-state index in [0.717, 1.165) is 6.07 Å². The Balaban J connectivity index is 1.96. The molecular formula is C18H18ClF3N4OS. The van der Waals surface area contributed by atoms with Crippen LogP contribution < -0.4 is 5.32 Å². The van der Waals surface area contributed by atoms with E-state index in [1.165, 1.54) is 16.8 Å². The highest BCUT2D eigenvalue weighted by atomic mass is 35.5. The Labute approximate surface area is 170 Å². The molecule has 150 valence electrons. The molecule has 1 aromatic carbocycles. The minimum atomic E-state index is -3.47. The molecule has 28 heavy (non-hydrogen) atoms. The first kappa shape index (κ1) is 20.6. The highest BCUT2D eigenvalue weighted by Crippen LogP contribution is 2.39. The van der Waals surface area contributed by atoms with Crippen LogP contribution in [0.4, 0.5) is 18.9 Å². The number of benzene rings is 1. The topological polar surface area (TPSA) is 50.2 Å². The summed E-state index contributed by atoms with van der Waals surface area (Å²) in [5, 5.41) is 6.89. The van der Waals surface area contributed by atoms with E-state index in [-0.39, 0.29) is 5.69 Å². The average Bonchev–Trinajstić information content (AvgIpc) is 3.06. The molecule has 2 aromatic rings. The van der Waals surface area contributed by atoms with E-state index in [1.54, 1.807) is 25.2 Å². The van der Waals surface area contributed by atoms with E-state index >= 15 is 0 Å². The maximum atomic E-state index is 14.0. The Hall–Kier alpha value is -2.13. The summed E-state index contributed by atoms with van der Waals surface area (Å²) in [6.45, 7) is 0.996. The van der Waals surface area contributed by atoms with Gasteiger partial charge in [0.2, 0.25) is 5.91 Å². The van der Waals surface area contributed by atoms with Crippen LogP contribution in [0.25, 0.3) is 0 Å². The number of aromatic nitrogens is 2. The van der Waals surface area contributed by atoms with E-state index in [1.807, 2.05) is 0 Å². The van der Waals surface area contributed by atoms with E-state index < -0.39 is 35.0 Å². The zero-order chi connectivity index (χ0) is 20.8. The first-order chi connectivity index (χ1) is 13.0. The van der Waals surface area contributed by atoms with Crippen LogP contribution in [-0.4, -0.2) is 39.2 Å². The third-order valence-corrected chi connectivity index (χ3v) is 5.83. The van der Waals surface area contributed by atoms with Crippen LogP contribution in [0.3, 0.4) is 0 Å². The van der Waals surface area contributed by atoms with Crippen molar-refractivity contribution in [3.05, 3.63) is 46.5 Å². The highest BCUT2D eigenvalue weighted by Gasteiger charge is 2.43. The molecule has 3 rings (SSSR count). The number of hydrogen-bond acceptors (Lipinski definition) is 3. The summed E-state index contributed by atoms with van der Waals surface area (Å²) in [6.07, 6.45) is 1.56. The monoisotopic (exact) mass is 430 g/mol. The number of rotatable bonds is 4. The zero-order valence-electron chi connectivity index (χ0n) is 15.3. The Bertz CT molecular complexity index is 943. The van der Waals surface area contributed by atoms with Gasteiger partial charge in [-0.15, -0.1) is 0 Å². The summed E-state index contributed by atoms with van der Waals surface area (Å²) in [6, 6.07) is 3.42. The third kappa shape index (κ3) is 3.60. The van der Waals surface area contributed by atoms with Gasteiger partial charge in [-0.3, -0.25) is 9.48 Å². The number of anilines is 1. The van der Waals surface area contributed by atoms with Gasteiger partial charge in [-0.25, -0.2) is 13.2 Å². The van der Waals surface area contributed by atoms with Crippen LogP contribution in [0, 0.1) is 11.7 Å². The lowest BCUT2D eigenvalue weighted by atomic mass is 9.90. The number of halogens is 4. The Morgan fingerprint density at radius 3 is 2.64 bits per heavy atom. The fraction of sp³-hybridized carbons (Fsp3) is 0.389. The van der Waals surface area contributed by atoms with Crippen LogP contribution in [0.15, 0.2) is 24.4 Å². The molecule has 1 aliphatic rings. The number of nitrogens with one attached hydrogen (secondary N) is 1. The van der Waals surface area contributed by atoms with E-state index in [0.29, 0.717) is 29.2 Å². The molecule has 1 aliphatic heterocycles. The van der Waals surface area contributed by atoms with Gasteiger partial charge >= 0.3 is 0 Å². The number of alkyl halides is 2. The lowest BCUT2D eigenvalue weighted by Gasteiger charge is -2.21. The number of likely N-dealkylation sites (N-methyl/N-ethyl adjacent to an activating group) is 1. The number of amides is 1. The minimum Gasteiger partial charge on any atom is -0.368 e. The second kappa shape index (κ2) is 7.36. The van der Waals surface area contributed by atoms with Crippen molar-refractivity contribution in [1.82, 2.24) is 14.7 Å². The van der Waals surface area contributed by atoms with E-state index in [4.69, 9.17) is 23.8 Å². The smallest absolute Gasteiger partial charge is 0.275 e. The number of likely N-dealkylation sites (tertiary alicyclic amines) is 1. The molecule has 1 N–H and O–H groups in total. The average molecular weight is 431 g/mol. The predicted octanol–water partition coefficient (Wildman–Crippen LogP) is 3.94. The molecule has 0 unspecified atom stereocenters. The maximum Gasteiger partial charge on any atom is 0.275 e. The summed E-state index contributed by atoms with van der Waals surface area (Å²) in [5.74, 6) is -6.40. The van der Waals surface area contributed by atoms with Gasteiger partial charge < -0.3 is 10.2 Å². The largest absolute Gasteiger partial charge is 0.368 e. The van der Waals surface area contributed by atoms with Crippen molar-refractivity contribution in [2.45, 2.75) is 18.8 Å². The predicted molar refractivity (Wildman–Crippen MR) is 104 cm³/mol. The van der Waals surface area contributed by atoms with Crippen molar-refractivity contribution in [2.75, 3.05) is 18.9 Å². The summed E-state index contributed by atoms with van der Waals surface area (Å²) in [5.41, 5.74) is -0.515. The molecular weight excluding hydrogens is 413 g/mol. The summed E-state index contributed by atoms with van der Waals surface area (Å²) < 4.78 is 43.3. The molecule has 1 saturated heterocycles. The quantitative estimate of drug-likeness (QED) is 0.746. The normalized spacial score (nSPS) is 20.0. The van der Waals surface area contributed by atoms with Gasteiger partial charge in [-0.1, -0.05) is 29.9 Å². The van der Waals surface area contributed by atoms with Gasteiger partial charge in [-0.05, 0) is 12.1 Å². The standard InChI is InChI=1S/C18H18ClF3N4OS/c1-18(21,22)14-11(20)5-4-6-12(14)24-16(27)13-10(8-25(2)17(13)28)9-7-23-26(3)15(9)19/h4-7,10,13H,8H2,1-3H3,(H,24,27)/t10-,13+/m1/s1. The number of aryl methyl sites for hydroxylation is 1. The van der Waals surface area contributed by atoms with Crippen LogP contribution >= 0.6 is 23.8 Å². The molecule has 2 heterocycles. The van der Waals surface area contributed by atoms with Gasteiger partial charge in [0.1, 0.15) is 11.0 Å². The number of carbonyl (C=O) groups excluding carboxylic acids is 1. The first-order valence-electron chi connectivity index (χ1n) is 8.42. The van der Waals surface area contributed by atoms with Gasteiger partial charge in [-0.2, -0.15) is 5.10 Å². The molecule has 0 radical (unpaired) electrons. The number of thiocarbonyl (C=S) groups is 1. The SMILES string of the molecule is CN1C[C@H](c2cnn(C)c2Cl)[C@@H](C(=O)Nc2cccc(F)c2C(C)(F)F)C1=S. The van der Waals surface area contributed by atoms with Crippen molar-refractivity contribution < 1.29 is 18.0 Å². The van der Waals surface area contributed by atoms with Crippen molar-refractivity contribution in [3.63, 3.8) is 0 Å². The molecule has 10 heteroatoms. The molecule has 0 bridgehead atoms. The third-order valence-electron chi connectivity index (χ3n) is 4.80. The van der Waals surface area contributed by atoms with Crippen molar-refractivity contribution in [3.8, 4) is 0 Å². The molecule has 1 fully saturated rings. The summed E-state index contributed by atoms with van der Waals surface area (Å²) in [7, 11) is 3.40. The lowest BCUT2D eigenvalue weighted by Crippen LogP contribution is -2.32. The van der Waals surface area contributed by atoms with Crippen molar-refractivity contribution >= 4 is 40.4 Å². The minimum absolute atomic E-state index is 0.286. The summed E-state index contributed by atoms with van der Waals surface area (Å²) >= 11 is 11.7. The van der Waals surface area contributed by atoms with E-state index in [9.17, 15) is 18.0 Å². The van der Waals surface area contributed by atoms with Gasteiger partial charge in [0, 0.05) is 39.0 Å². The second-order valence-electron chi connectivity index (χ2n) is 6.86. The van der Waals surface area contributed by atoms with Crippen LogP contribution in [0.2, 0.25) is 5.15 Å². The molecule has 1 aromatic heterocycles.